The number of ether oxygens (including phenoxy) is 1. The maximum absolute atomic E-state index is 13.6. The van der Waals surface area contributed by atoms with Crippen molar-refractivity contribution in [3.63, 3.8) is 0 Å². The van der Waals surface area contributed by atoms with Gasteiger partial charge in [-0.3, -0.25) is 9.59 Å². The number of carbonyl (C=O) groups excluding carboxylic acids is 2. The van der Waals surface area contributed by atoms with Gasteiger partial charge in [0.05, 0.1) is 7.11 Å². The summed E-state index contributed by atoms with van der Waals surface area (Å²) in [5, 5.41) is 4.21. The number of hydrogen-bond donors (Lipinski definition) is 2. The number of halogens is 4. The number of hydrogen-bond acceptors (Lipinski definition) is 3. The van der Waals surface area contributed by atoms with Crippen LogP contribution in [0.2, 0.25) is 0 Å². The fraction of sp³-hybridized carbons (Fsp3) is 0.158. The Labute approximate surface area is 158 Å². The normalized spacial score (nSPS) is 11.3. The van der Waals surface area contributed by atoms with Crippen molar-refractivity contribution in [3.05, 3.63) is 65.5 Å². The van der Waals surface area contributed by atoms with Gasteiger partial charge in [-0.15, -0.1) is 0 Å². The topological polar surface area (TPSA) is 67.4 Å². The molecule has 0 aliphatic heterocycles. The van der Waals surface area contributed by atoms with Gasteiger partial charge in [0, 0.05) is 17.3 Å². The summed E-state index contributed by atoms with van der Waals surface area (Å²) in [4.78, 5) is 23.7. The van der Waals surface area contributed by atoms with Gasteiger partial charge in [0.25, 0.3) is 5.91 Å². The van der Waals surface area contributed by atoms with Crippen LogP contribution >= 0.6 is 0 Å². The molecule has 0 aliphatic rings. The second-order valence-corrected chi connectivity index (χ2v) is 5.60. The molecule has 0 aliphatic carbocycles. The van der Waals surface area contributed by atoms with Crippen LogP contribution in [0.1, 0.15) is 15.9 Å². The number of anilines is 1. The largest absolute Gasteiger partial charge is 0.494 e. The summed E-state index contributed by atoms with van der Waals surface area (Å²) in [6, 6.07) is 9.60. The summed E-state index contributed by atoms with van der Waals surface area (Å²) in [5.74, 6) is -1.99. The fourth-order valence-electron chi connectivity index (χ4n) is 2.16. The van der Waals surface area contributed by atoms with Crippen LogP contribution in [-0.4, -0.2) is 31.6 Å². The Balaban J connectivity index is 2.00. The fourth-order valence-corrected chi connectivity index (χ4v) is 2.16. The molecule has 9 heteroatoms. The van der Waals surface area contributed by atoms with Crippen molar-refractivity contribution < 1.29 is 31.9 Å². The molecule has 0 bridgehead atoms. The number of methoxy groups -OCH3 is 1. The number of rotatable bonds is 6. The van der Waals surface area contributed by atoms with Crippen LogP contribution in [0.15, 0.2) is 48.5 Å². The van der Waals surface area contributed by atoms with Gasteiger partial charge in [-0.1, -0.05) is 12.1 Å². The third kappa shape index (κ3) is 6.42. The quantitative estimate of drug-likeness (QED) is 0.577. The first-order chi connectivity index (χ1) is 13.2. The lowest BCUT2D eigenvalue weighted by Gasteiger charge is -2.09. The Morgan fingerprint density at radius 2 is 1.89 bits per heavy atom. The molecule has 0 fully saturated rings. The first-order valence-electron chi connectivity index (χ1n) is 7.95. The van der Waals surface area contributed by atoms with Gasteiger partial charge in [-0.25, -0.2) is 4.39 Å². The van der Waals surface area contributed by atoms with E-state index in [0.717, 1.165) is 6.08 Å². The van der Waals surface area contributed by atoms with Crippen molar-refractivity contribution in [2.24, 2.45) is 0 Å². The van der Waals surface area contributed by atoms with Crippen LogP contribution in [0.3, 0.4) is 0 Å². The van der Waals surface area contributed by atoms with Crippen LogP contribution in [0.5, 0.6) is 5.75 Å². The highest BCUT2D eigenvalue weighted by Crippen LogP contribution is 2.18. The van der Waals surface area contributed by atoms with Crippen molar-refractivity contribution >= 4 is 23.6 Å². The average molecular weight is 396 g/mol. The first kappa shape index (κ1) is 20.9. The van der Waals surface area contributed by atoms with Gasteiger partial charge in [0.1, 0.15) is 6.54 Å². The standard InChI is InChI=1S/C19H16F4N2O3/c1-28-16-7-5-12(9-15(16)20)6-8-17(26)25-14-4-2-3-13(10-14)18(27)24-11-19(21,22)23/h2-10H,11H2,1H3,(H,24,27)(H,25,26)/b8-6+. The summed E-state index contributed by atoms with van der Waals surface area (Å²) in [7, 11) is 1.33. The van der Waals surface area contributed by atoms with E-state index in [0.29, 0.717) is 5.56 Å². The molecule has 28 heavy (non-hydrogen) atoms. The molecule has 0 saturated heterocycles. The number of benzene rings is 2. The van der Waals surface area contributed by atoms with Crippen molar-refractivity contribution in [1.82, 2.24) is 5.32 Å². The lowest BCUT2D eigenvalue weighted by molar-refractivity contribution is -0.123. The summed E-state index contributed by atoms with van der Waals surface area (Å²) in [6.07, 6.45) is -2.00. The van der Waals surface area contributed by atoms with E-state index in [1.807, 2.05) is 0 Å². The van der Waals surface area contributed by atoms with Gasteiger partial charge in [-0.05, 0) is 42.0 Å². The predicted molar refractivity (Wildman–Crippen MR) is 95.4 cm³/mol. The molecule has 0 radical (unpaired) electrons. The number of carbonyl (C=O) groups is 2. The van der Waals surface area contributed by atoms with E-state index in [1.165, 1.54) is 49.6 Å². The molecular formula is C19H16F4N2O3. The predicted octanol–water partition coefficient (Wildman–Crippen LogP) is 3.78. The molecule has 0 spiro atoms. The Hall–Kier alpha value is -3.36. The molecule has 148 valence electrons. The van der Waals surface area contributed by atoms with Crippen LogP contribution in [0, 0.1) is 5.82 Å². The second kappa shape index (κ2) is 9.03. The third-order valence-electron chi connectivity index (χ3n) is 3.44. The molecule has 2 rings (SSSR count). The van der Waals surface area contributed by atoms with E-state index in [1.54, 1.807) is 11.4 Å². The average Bonchev–Trinajstić information content (AvgIpc) is 2.64. The molecule has 0 heterocycles. The molecule has 5 nitrogen and oxygen atoms in total. The monoisotopic (exact) mass is 396 g/mol. The van der Waals surface area contributed by atoms with E-state index in [4.69, 9.17) is 4.74 Å². The maximum atomic E-state index is 13.6. The molecule has 0 aromatic heterocycles. The molecule has 2 N–H and O–H groups in total. The van der Waals surface area contributed by atoms with E-state index >= 15 is 0 Å². The lowest BCUT2D eigenvalue weighted by Crippen LogP contribution is -2.33. The third-order valence-corrected chi connectivity index (χ3v) is 3.44. The summed E-state index contributed by atoms with van der Waals surface area (Å²) in [5.41, 5.74) is 0.604. The molecule has 2 aromatic rings. The highest BCUT2D eigenvalue weighted by Gasteiger charge is 2.27. The van der Waals surface area contributed by atoms with E-state index in [9.17, 15) is 27.2 Å². The molecule has 2 amide bonds. The van der Waals surface area contributed by atoms with E-state index < -0.39 is 30.4 Å². The van der Waals surface area contributed by atoms with Gasteiger partial charge >= 0.3 is 6.18 Å². The zero-order chi connectivity index (χ0) is 20.7. The van der Waals surface area contributed by atoms with Crippen LogP contribution < -0.4 is 15.4 Å². The highest BCUT2D eigenvalue weighted by atomic mass is 19.4. The van der Waals surface area contributed by atoms with E-state index in [-0.39, 0.29) is 17.0 Å². The minimum Gasteiger partial charge on any atom is -0.494 e. The highest BCUT2D eigenvalue weighted by molar-refractivity contribution is 6.03. The second-order valence-electron chi connectivity index (χ2n) is 5.60. The lowest BCUT2D eigenvalue weighted by atomic mass is 10.1. The molecule has 0 atom stereocenters. The number of amides is 2. The van der Waals surface area contributed by atoms with Gasteiger partial charge in [0.2, 0.25) is 5.91 Å². The van der Waals surface area contributed by atoms with Crippen molar-refractivity contribution in [3.8, 4) is 5.75 Å². The van der Waals surface area contributed by atoms with Crippen LogP contribution in [-0.2, 0) is 4.79 Å². The Bertz CT molecular complexity index is 895. The van der Waals surface area contributed by atoms with Crippen molar-refractivity contribution in [2.75, 3.05) is 19.0 Å². The molecule has 0 saturated carbocycles. The van der Waals surface area contributed by atoms with Crippen LogP contribution in [0.4, 0.5) is 23.2 Å². The van der Waals surface area contributed by atoms with Gasteiger partial charge in [0.15, 0.2) is 11.6 Å². The maximum Gasteiger partial charge on any atom is 0.405 e. The summed E-state index contributed by atoms with van der Waals surface area (Å²) >= 11 is 0. The number of nitrogens with one attached hydrogen (secondary N) is 2. The molecule has 2 aromatic carbocycles. The van der Waals surface area contributed by atoms with Crippen molar-refractivity contribution in [1.29, 1.82) is 0 Å². The molecule has 0 unspecified atom stereocenters. The summed E-state index contributed by atoms with van der Waals surface area (Å²) < 4.78 is 54.9. The Morgan fingerprint density at radius 3 is 2.54 bits per heavy atom. The van der Waals surface area contributed by atoms with Gasteiger partial charge < -0.3 is 15.4 Å². The Morgan fingerprint density at radius 1 is 1.14 bits per heavy atom. The summed E-state index contributed by atoms with van der Waals surface area (Å²) in [6.45, 7) is -1.45. The smallest absolute Gasteiger partial charge is 0.405 e. The van der Waals surface area contributed by atoms with E-state index in [2.05, 4.69) is 5.32 Å². The minimum absolute atomic E-state index is 0.0387. The minimum atomic E-state index is -4.52. The zero-order valence-corrected chi connectivity index (χ0v) is 14.6. The zero-order valence-electron chi connectivity index (χ0n) is 14.6. The van der Waals surface area contributed by atoms with Crippen molar-refractivity contribution in [2.45, 2.75) is 6.18 Å². The molecular weight excluding hydrogens is 380 g/mol. The first-order valence-corrected chi connectivity index (χ1v) is 7.95. The SMILES string of the molecule is COc1ccc(/C=C/C(=O)Nc2cccc(C(=O)NCC(F)(F)F)c2)cc1F. The van der Waals surface area contributed by atoms with Gasteiger partial charge in [-0.2, -0.15) is 13.2 Å². The number of alkyl halides is 3. The Kier molecular flexibility index (Phi) is 6.75. The van der Waals surface area contributed by atoms with Crippen LogP contribution in [0.25, 0.3) is 6.08 Å².